The van der Waals surface area contributed by atoms with Gasteiger partial charge < -0.3 is 0 Å². The van der Waals surface area contributed by atoms with E-state index in [1.54, 1.807) is 6.56 Å². The minimum absolute atomic E-state index is 0. The van der Waals surface area contributed by atoms with E-state index in [0.29, 0.717) is 0 Å². The van der Waals surface area contributed by atoms with E-state index in [9.17, 15) is 0 Å². The number of hydrogen-bond acceptors (Lipinski definition) is 2. The highest BCUT2D eigenvalue weighted by molar-refractivity contribution is 8.25. The van der Waals surface area contributed by atoms with Gasteiger partial charge in [0.2, 0.25) is 6.56 Å². The van der Waals surface area contributed by atoms with Crippen molar-refractivity contribution in [1.82, 2.24) is 0 Å². The molecule has 0 unspecified atom stereocenters. The predicted octanol–water partition coefficient (Wildman–Crippen LogP) is 2.13. The van der Waals surface area contributed by atoms with Crippen LogP contribution in [0, 0.1) is 10.7 Å². The standard InChI is InChI=1S/C2H3BNS.3ClH/c1-3-5-2-4;;;/h1H3;3*1H. The highest BCUT2D eigenvalue weighted by Crippen LogP contribution is 1.86. The lowest BCUT2D eigenvalue weighted by Crippen LogP contribution is -1.59. The first-order chi connectivity index (χ1) is 2.41. The van der Waals surface area contributed by atoms with Crippen molar-refractivity contribution in [2.45, 2.75) is 6.82 Å². The van der Waals surface area contributed by atoms with E-state index in [1.165, 1.54) is 0 Å². The molecule has 6 heteroatoms. The van der Waals surface area contributed by atoms with E-state index < -0.39 is 0 Å². The van der Waals surface area contributed by atoms with E-state index in [4.69, 9.17) is 5.26 Å². The lowest BCUT2D eigenvalue weighted by atomic mass is 10.2. The normalized spacial score (nSPS) is 3.50. The van der Waals surface area contributed by atoms with E-state index >= 15 is 0 Å². The van der Waals surface area contributed by atoms with E-state index in [2.05, 4.69) is 0 Å². The van der Waals surface area contributed by atoms with Gasteiger partial charge in [-0.05, 0) is 0 Å². The van der Waals surface area contributed by atoms with Crippen LogP contribution in [-0.4, -0.2) is 6.56 Å². The van der Waals surface area contributed by atoms with Gasteiger partial charge in [-0.1, -0.05) is 6.82 Å². The van der Waals surface area contributed by atoms with Crippen molar-refractivity contribution < 1.29 is 0 Å². The molecule has 0 N–H and O–H groups in total. The first-order valence-corrected chi connectivity index (χ1v) is 2.12. The van der Waals surface area contributed by atoms with Gasteiger partial charge >= 0.3 is 0 Å². The van der Waals surface area contributed by atoms with Crippen LogP contribution in [0.3, 0.4) is 0 Å². The summed E-state index contributed by atoms with van der Waals surface area (Å²) < 4.78 is 0. The smallest absolute Gasteiger partial charge is 0.186 e. The molecule has 0 aromatic carbocycles. The molecule has 0 atom stereocenters. The largest absolute Gasteiger partial charge is 0.209 e. The summed E-state index contributed by atoms with van der Waals surface area (Å²) in [6.07, 6.45) is 0. The molecule has 1 nitrogen and oxygen atoms in total. The molecule has 0 bridgehead atoms. The Morgan fingerprint density at radius 1 is 1.38 bits per heavy atom. The second-order valence-corrected chi connectivity index (χ2v) is 1.33. The van der Waals surface area contributed by atoms with Crippen molar-refractivity contribution in [3.8, 4) is 5.40 Å². The molecule has 49 valence electrons. The summed E-state index contributed by atoms with van der Waals surface area (Å²) in [6, 6.07) is 0. The van der Waals surface area contributed by atoms with E-state index in [0.717, 1.165) is 11.6 Å². The molecule has 8 heavy (non-hydrogen) atoms. The molecule has 0 fully saturated rings. The van der Waals surface area contributed by atoms with Crippen molar-refractivity contribution in [3.05, 3.63) is 0 Å². The second kappa shape index (κ2) is 25.0. The third-order valence-corrected chi connectivity index (χ3v) is 0.512. The van der Waals surface area contributed by atoms with Crippen molar-refractivity contribution in [2.24, 2.45) is 0 Å². The van der Waals surface area contributed by atoms with Crippen LogP contribution in [0.2, 0.25) is 6.82 Å². The molecule has 0 saturated carbocycles. The van der Waals surface area contributed by atoms with Crippen LogP contribution in [0.5, 0.6) is 0 Å². The lowest BCUT2D eigenvalue weighted by Gasteiger charge is -1.62. The summed E-state index contributed by atoms with van der Waals surface area (Å²) >= 11 is 1.14. The van der Waals surface area contributed by atoms with Crippen molar-refractivity contribution in [2.75, 3.05) is 0 Å². The fourth-order valence-electron chi connectivity index (χ4n) is 0.0527. The number of rotatable bonds is 1. The van der Waals surface area contributed by atoms with Gasteiger partial charge in [0.25, 0.3) is 0 Å². The Hall–Kier alpha value is 0.775. The Morgan fingerprint density at radius 2 is 1.75 bits per heavy atom. The monoisotopic (exact) mass is 192 g/mol. The van der Waals surface area contributed by atoms with Crippen LogP contribution in [0.4, 0.5) is 0 Å². The van der Waals surface area contributed by atoms with Gasteiger partial charge in [0.15, 0.2) is 0 Å². The Labute approximate surface area is 73.0 Å². The molecule has 0 heterocycles. The van der Waals surface area contributed by atoms with E-state index in [-0.39, 0.29) is 37.2 Å². The fraction of sp³-hybridized carbons (Fsp3) is 0.500. The average Bonchev–Trinajstić information content (AvgIpc) is 1.41. The summed E-state index contributed by atoms with van der Waals surface area (Å²) in [4.78, 5) is 0. The second-order valence-electron chi connectivity index (χ2n) is 0.445. The van der Waals surface area contributed by atoms with Crippen LogP contribution >= 0.6 is 48.8 Å². The summed E-state index contributed by atoms with van der Waals surface area (Å²) in [5.74, 6) is 0. The predicted molar refractivity (Wildman–Crippen MR) is 46.6 cm³/mol. The Balaban J connectivity index is -0.0000000267. The molecule has 0 aliphatic heterocycles. The summed E-state index contributed by atoms with van der Waals surface area (Å²) in [5.41, 5.74) is 0. The average molecular weight is 193 g/mol. The molecule has 0 rings (SSSR count). The Bertz CT molecular complexity index is 55.7. The van der Waals surface area contributed by atoms with Gasteiger partial charge in [-0.2, -0.15) is 5.26 Å². The zero-order valence-electron chi connectivity index (χ0n) is 4.16. The molecular weight excluding hydrogens is 187 g/mol. The van der Waals surface area contributed by atoms with Crippen molar-refractivity contribution >= 4 is 55.4 Å². The Morgan fingerprint density at radius 3 is 1.75 bits per heavy atom. The van der Waals surface area contributed by atoms with Crippen molar-refractivity contribution in [1.29, 1.82) is 5.26 Å². The number of nitriles is 1. The van der Waals surface area contributed by atoms with Crippen LogP contribution in [0.15, 0.2) is 0 Å². The topological polar surface area (TPSA) is 23.8 Å². The number of hydrogen-bond donors (Lipinski definition) is 0. The van der Waals surface area contributed by atoms with Gasteiger partial charge in [0, 0.05) is 0 Å². The van der Waals surface area contributed by atoms with Gasteiger partial charge in [-0.25, -0.2) is 0 Å². The maximum atomic E-state index is 7.75. The molecular formula is C2H6BCl3NS. The highest BCUT2D eigenvalue weighted by atomic mass is 35.5. The third kappa shape index (κ3) is 29.3. The van der Waals surface area contributed by atoms with Gasteiger partial charge in [0.1, 0.15) is 5.40 Å². The minimum atomic E-state index is 0. The number of thiocyanates is 1. The van der Waals surface area contributed by atoms with Gasteiger partial charge in [-0.3, -0.25) is 0 Å². The highest BCUT2D eigenvalue weighted by Gasteiger charge is 1.70. The molecule has 0 aromatic rings. The van der Waals surface area contributed by atoms with Gasteiger partial charge in [0.05, 0.1) is 0 Å². The van der Waals surface area contributed by atoms with E-state index in [1.807, 2.05) is 12.2 Å². The molecule has 0 aliphatic rings. The van der Waals surface area contributed by atoms with Crippen LogP contribution in [0.1, 0.15) is 0 Å². The fourth-order valence-corrected chi connectivity index (χ4v) is 0.158. The van der Waals surface area contributed by atoms with Crippen LogP contribution in [-0.2, 0) is 0 Å². The zero-order chi connectivity index (χ0) is 4.12. The maximum Gasteiger partial charge on any atom is 0.209 e. The third-order valence-electron chi connectivity index (χ3n) is 0.171. The Kier molecular flexibility index (Phi) is 72.8. The van der Waals surface area contributed by atoms with Gasteiger partial charge in [-0.15, -0.1) is 48.8 Å². The molecule has 0 amide bonds. The first-order valence-electron chi connectivity index (χ1n) is 1.24. The number of nitrogens with zero attached hydrogens (tertiary/aromatic N) is 1. The summed E-state index contributed by atoms with van der Waals surface area (Å²) in [6.45, 7) is 3.56. The SMILES string of the molecule is C[B]SC#N.Cl.Cl.Cl. The summed E-state index contributed by atoms with van der Waals surface area (Å²) in [7, 11) is 0. The molecule has 1 radical (unpaired) electrons. The molecule has 0 aromatic heterocycles. The minimum Gasteiger partial charge on any atom is -0.186 e. The number of halogens is 3. The lowest BCUT2D eigenvalue weighted by molar-refractivity contribution is 1.57. The first kappa shape index (κ1) is 23.3. The quantitative estimate of drug-likeness (QED) is 0.470. The summed E-state index contributed by atoms with van der Waals surface area (Å²) in [5, 5.41) is 9.63. The van der Waals surface area contributed by atoms with Crippen LogP contribution < -0.4 is 0 Å². The molecule has 0 spiro atoms. The zero-order valence-corrected chi connectivity index (χ0v) is 7.42. The van der Waals surface area contributed by atoms with Crippen LogP contribution in [0.25, 0.3) is 0 Å². The maximum absolute atomic E-state index is 7.75. The molecule has 0 aliphatic carbocycles. The van der Waals surface area contributed by atoms with Crippen molar-refractivity contribution in [3.63, 3.8) is 0 Å². The molecule has 0 saturated heterocycles.